The van der Waals surface area contributed by atoms with Crippen molar-refractivity contribution in [3.8, 4) is 0 Å². The van der Waals surface area contributed by atoms with Crippen LogP contribution in [0.1, 0.15) is 38.4 Å². The van der Waals surface area contributed by atoms with Gasteiger partial charge in [0.25, 0.3) is 0 Å². The predicted molar refractivity (Wildman–Crippen MR) is 71.2 cm³/mol. The summed E-state index contributed by atoms with van der Waals surface area (Å²) in [4.78, 5) is 10.8. The van der Waals surface area contributed by atoms with Crippen LogP contribution in [0, 0.1) is 22.5 Å². The Hall–Kier alpha value is -1.63. The zero-order valence-corrected chi connectivity index (χ0v) is 11.5. The molecule has 1 aliphatic carbocycles. The molecule has 7 nitrogen and oxygen atoms in total. The second-order valence-electron chi connectivity index (χ2n) is 5.59. The van der Waals surface area contributed by atoms with Gasteiger partial charge in [-0.05, 0) is 33.6 Å². The molecule has 1 aromatic heterocycles. The highest BCUT2D eigenvalue weighted by Gasteiger charge is 2.42. The van der Waals surface area contributed by atoms with Crippen LogP contribution in [0.25, 0.3) is 0 Å². The largest absolute Gasteiger partial charge is 0.396 e. The number of nitro groups is 1. The predicted octanol–water partition coefficient (Wildman–Crippen LogP) is 1.87. The van der Waals surface area contributed by atoms with Gasteiger partial charge in [-0.15, -0.1) is 0 Å². The number of aliphatic hydroxyl groups excluding tert-OH is 1. The summed E-state index contributed by atoms with van der Waals surface area (Å²) in [6.07, 6.45) is 1.91. The molecule has 0 atom stereocenters. The van der Waals surface area contributed by atoms with E-state index >= 15 is 0 Å². The van der Waals surface area contributed by atoms with Crippen LogP contribution in [0.4, 0.5) is 11.5 Å². The van der Waals surface area contributed by atoms with Gasteiger partial charge in [-0.3, -0.25) is 10.1 Å². The molecule has 2 N–H and O–H groups in total. The summed E-state index contributed by atoms with van der Waals surface area (Å²) < 4.78 is 1.64. The van der Waals surface area contributed by atoms with Crippen LogP contribution in [0.2, 0.25) is 0 Å². The van der Waals surface area contributed by atoms with E-state index in [1.165, 1.54) is 0 Å². The average Bonchev–Trinajstić information content (AvgIpc) is 3.04. The van der Waals surface area contributed by atoms with E-state index in [-0.39, 0.29) is 23.8 Å². The molecule has 7 heteroatoms. The monoisotopic (exact) mass is 268 g/mol. The smallest absolute Gasteiger partial charge is 0.333 e. The van der Waals surface area contributed by atoms with Crippen molar-refractivity contribution in [2.45, 2.75) is 39.7 Å². The van der Waals surface area contributed by atoms with Gasteiger partial charge >= 0.3 is 5.69 Å². The van der Waals surface area contributed by atoms with Crippen molar-refractivity contribution in [1.29, 1.82) is 0 Å². The van der Waals surface area contributed by atoms with E-state index in [4.69, 9.17) is 0 Å². The minimum atomic E-state index is -0.401. The SMILES string of the molecule is Cc1nn(C(C)C)c(NCC2(CO)CC2)c1[N+](=O)[O-]. The second-order valence-corrected chi connectivity index (χ2v) is 5.59. The Bertz CT molecular complexity index is 491. The molecule has 0 bridgehead atoms. The van der Waals surface area contributed by atoms with Crippen molar-refractivity contribution in [2.75, 3.05) is 18.5 Å². The Morgan fingerprint density at radius 3 is 2.63 bits per heavy atom. The molecular weight excluding hydrogens is 248 g/mol. The maximum absolute atomic E-state index is 11.2. The van der Waals surface area contributed by atoms with Crippen molar-refractivity contribution in [1.82, 2.24) is 9.78 Å². The first-order chi connectivity index (χ1) is 8.90. The van der Waals surface area contributed by atoms with Gasteiger partial charge in [-0.2, -0.15) is 5.10 Å². The number of nitrogens with zero attached hydrogens (tertiary/aromatic N) is 3. The average molecular weight is 268 g/mol. The van der Waals surface area contributed by atoms with E-state index in [1.807, 2.05) is 13.8 Å². The first-order valence-corrected chi connectivity index (χ1v) is 6.48. The third-order valence-electron chi connectivity index (χ3n) is 3.65. The molecule has 0 spiro atoms. The molecule has 0 unspecified atom stereocenters. The molecule has 1 fully saturated rings. The fourth-order valence-corrected chi connectivity index (χ4v) is 2.13. The summed E-state index contributed by atoms with van der Waals surface area (Å²) in [7, 11) is 0. The lowest BCUT2D eigenvalue weighted by atomic mass is 10.1. The number of anilines is 1. The zero-order valence-electron chi connectivity index (χ0n) is 11.5. The Morgan fingerprint density at radius 2 is 2.21 bits per heavy atom. The first kappa shape index (κ1) is 13.8. The van der Waals surface area contributed by atoms with Crippen molar-refractivity contribution in [2.24, 2.45) is 5.41 Å². The van der Waals surface area contributed by atoms with E-state index in [2.05, 4.69) is 10.4 Å². The van der Waals surface area contributed by atoms with Crippen LogP contribution in [-0.4, -0.2) is 33.0 Å². The number of hydrogen-bond acceptors (Lipinski definition) is 5. The molecule has 106 valence electrons. The van der Waals surface area contributed by atoms with Gasteiger partial charge in [0.15, 0.2) is 0 Å². The summed E-state index contributed by atoms with van der Waals surface area (Å²) in [6.45, 7) is 6.16. The molecule has 1 aliphatic rings. The summed E-state index contributed by atoms with van der Waals surface area (Å²) in [6, 6.07) is 0.0409. The highest BCUT2D eigenvalue weighted by molar-refractivity contribution is 5.60. The van der Waals surface area contributed by atoms with Crippen LogP contribution in [0.3, 0.4) is 0 Å². The molecule has 0 radical (unpaired) electrons. The van der Waals surface area contributed by atoms with Crippen LogP contribution in [0.15, 0.2) is 0 Å². The molecule has 1 saturated carbocycles. The van der Waals surface area contributed by atoms with Gasteiger partial charge in [-0.1, -0.05) is 0 Å². The number of aromatic nitrogens is 2. The molecule has 1 heterocycles. The second kappa shape index (κ2) is 4.80. The Balaban J connectivity index is 2.28. The summed E-state index contributed by atoms with van der Waals surface area (Å²) >= 11 is 0. The standard InChI is InChI=1S/C12H20N4O3/c1-8(2)15-11(10(16(18)19)9(3)14-15)13-6-12(7-17)4-5-12/h8,13,17H,4-7H2,1-3H3. The van der Waals surface area contributed by atoms with E-state index < -0.39 is 4.92 Å². The maximum atomic E-state index is 11.2. The number of aryl methyl sites for hydroxylation is 1. The zero-order chi connectivity index (χ0) is 14.2. The van der Waals surface area contributed by atoms with E-state index in [0.29, 0.717) is 18.1 Å². The number of rotatable bonds is 6. The van der Waals surface area contributed by atoms with Crippen molar-refractivity contribution in [3.05, 3.63) is 15.8 Å². The highest BCUT2D eigenvalue weighted by Crippen LogP contribution is 2.45. The topological polar surface area (TPSA) is 93.2 Å². The fraction of sp³-hybridized carbons (Fsp3) is 0.750. The van der Waals surface area contributed by atoms with Crippen LogP contribution < -0.4 is 5.32 Å². The molecule has 2 rings (SSSR count). The quantitative estimate of drug-likeness (QED) is 0.606. The van der Waals surface area contributed by atoms with Crippen LogP contribution >= 0.6 is 0 Å². The summed E-state index contributed by atoms with van der Waals surface area (Å²) in [5.41, 5.74) is 0.339. The fourth-order valence-electron chi connectivity index (χ4n) is 2.13. The molecule has 19 heavy (non-hydrogen) atoms. The van der Waals surface area contributed by atoms with Crippen LogP contribution in [0.5, 0.6) is 0 Å². The molecule has 0 aromatic carbocycles. The van der Waals surface area contributed by atoms with Gasteiger partial charge in [-0.25, -0.2) is 4.68 Å². The van der Waals surface area contributed by atoms with Crippen molar-refractivity contribution < 1.29 is 10.0 Å². The van der Waals surface area contributed by atoms with Gasteiger partial charge in [0.05, 0.1) is 11.5 Å². The number of aliphatic hydroxyl groups is 1. The third kappa shape index (κ3) is 2.56. The van der Waals surface area contributed by atoms with Gasteiger partial charge in [0.1, 0.15) is 5.69 Å². The van der Waals surface area contributed by atoms with Gasteiger partial charge < -0.3 is 10.4 Å². The summed E-state index contributed by atoms with van der Waals surface area (Å²) in [5, 5.41) is 27.8. The third-order valence-corrected chi connectivity index (χ3v) is 3.65. The lowest BCUT2D eigenvalue weighted by molar-refractivity contribution is -0.384. The maximum Gasteiger partial charge on any atom is 0.333 e. The highest BCUT2D eigenvalue weighted by atomic mass is 16.6. The normalized spacial score (nSPS) is 16.7. The molecule has 0 saturated heterocycles. The summed E-state index contributed by atoms with van der Waals surface area (Å²) in [5.74, 6) is 0.442. The van der Waals surface area contributed by atoms with Gasteiger partial charge in [0, 0.05) is 18.0 Å². The van der Waals surface area contributed by atoms with Gasteiger partial charge in [0.2, 0.25) is 5.82 Å². The lowest BCUT2D eigenvalue weighted by Gasteiger charge is -2.16. The minimum Gasteiger partial charge on any atom is -0.396 e. The molecule has 0 amide bonds. The molecule has 1 aromatic rings. The first-order valence-electron chi connectivity index (χ1n) is 6.48. The molecular formula is C12H20N4O3. The van der Waals surface area contributed by atoms with Crippen molar-refractivity contribution in [3.63, 3.8) is 0 Å². The van der Waals surface area contributed by atoms with E-state index in [1.54, 1.807) is 11.6 Å². The van der Waals surface area contributed by atoms with Crippen molar-refractivity contribution >= 4 is 11.5 Å². The minimum absolute atomic E-state index is 0.0300. The Labute approximate surface area is 111 Å². The van der Waals surface area contributed by atoms with Crippen LogP contribution in [-0.2, 0) is 0 Å². The van der Waals surface area contributed by atoms with E-state index in [0.717, 1.165) is 12.8 Å². The lowest BCUT2D eigenvalue weighted by Crippen LogP contribution is -2.21. The number of hydrogen-bond donors (Lipinski definition) is 2. The Morgan fingerprint density at radius 1 is 1.58 bits per heavy atom. The molecule has 0 aliphatic heterocycles. The Kier molecular flexibility index (Phi) is 3.49. The van der Waals surface area contributed by atoms with E-state index in [9.17, 15) is 15.2 Å². The number of nitrogens with one attached hydrogen (secondary N) is 1.